The second-order valence-electron chi connectivity index (χ2n) is 3.35. The highest BCUT2D eigenvalue weighted by atomic mass is 19.1. The molecule has 1 aliphatic heterocycles. The van der Waals surface area contributed by atoms with Crippen LogP contribution in [0.15, 0.2) is 18.2 Å². The predicted molar refractivity (Wildman–Crippen MR) is 53.2 cm³/mol. The predicted octanol–water partition coefficient (Wildman–Crippen LogP) is 1.22. The molecule has 0 saturated carbocycles. The van der Waals surface area contributed by atoms with Crippen LogP contribution in [-0.2, 0) is 0 Å². The standard InChI is InChI=1S/C10H13FN2O/c1-12-5-8-6-14-10-3-2-7(11)4-9(10)13-8/h2-4,8,12-13H,5-6H2,1H3. The van der Waals surface area contributed by atoms with Gasteiger partial charge in [0.05, 0.1) is 11.7 Å². The number of hydrogen-bond donors (Lipinski definition) is 2. The van der Waals surface area contributed by atoms with Gasteiger partial charge in [0.25, 0.3) is 0 Å². The molecule has 1 unspecified atom stereocenters. The van der Waals surface area contributed by atoms with Crippen molar-refractivity contribution in [1.29, 1.82) is 0 Å². The number of nitrogens with one attached hydrogen (secondary N) is 2. The van der Waals surface area contributed by atoms with Gasteiger partial charge >= 0.3 is 0 Å². The van der Waals surface area contributed by atoms with E-state index >= 15 is 0 Å². The van der Waals surface area contributed by atoms with E-state index in [-0.39, 0.29) is 11.9 Å². The summed E-state index contributed by atoms with van der Waals surface area (Å²) in [5.74, 6) is 0.476. The van der Waals surface area contributed by atoms with Crippen molar-refractivity contribution < 1.29 is 9.13 Å². The minimum atomic E-state index is -0.245. The van der Waals surface area contributed by atoms with Crippen molar-refractivity contribution in [2.75, 3.05) is 25.5 Å². The van der Waals surface area contributed by atoms with Gasteiger partial charge in [0.1, 0.15) is 18.2 Å². The zero-order valence-electron chi connectivity index (χ0n) is 8.01. The molecule has 1 aromatic carbocycles. The fourth-order valence-electron chi connectivity index (χ4n) is 1.55. The molecule has 2 rings (SSSR count). The van der Waals surface area contributed by atoms with E-state index in [1.165, 1.54) is 12.1 Å². The van der Waals surface area contributed by atoms with Crippen LogP contribution in [0.1, 0.15) is 0 Å². The molecule has 1 atom stereocenters. The van der Waals surface area contributed by atoms with E-state index in [1.807, 2.05) is 7.05 Å². The molecule has 1 heterocycles. The van der Waals surface area contributed by atoms with Crippen molar-refractivity contribution in [2.24, 2.45) is 0 Å². The lowest BCUT2D eigenvalue weighted by Crippen LogP contribution is -2.38. The lowest BCUT2D eigenvalue weighted by molar-refractivity contribution is 0.282. The minimum Gasteiger partial charge on any atom is -0.489 e. The number of fused-ring (bicyclic) bond motifs is 1. The van der Waals surface area contributed by atoms with Gasteiger partial charge in [-0.3, -0.25) is 0 Å². The Bertz CT molecular complexity index is 330. The Kier molecular flexibility index (Phi) is 2.54. The first-order valence-electron chi connectivity index (χ1n) is 4.63. The van der Waals surface area contributed by atoms with Crippen molar-refractivity contribution >= 4 is 5.69 Å². The highest BCUT2D eigenvalue weighted by Gasteiger charge is 2.18. The average molecular weight is 196 g/mol. The second-order valence-corrected chi connectivity index (χ2v) is 3.35. The summed E-state index contributed by atoms with van der Waals surface area (Å²) < 4.78 is 18.4. The van der Waals surface area contributed by atoms with E-state index in [0.29, 0.717) is 6.61 Å². The molecule has 1 aliphatic rings. The molecule has 1 aromatic rings. The maximum atomic E-state index is 12.9. The van der Waals surface area contributed by atoms with E-state index in [0.717, 1.165) is 18.0 Å². The SMILES string of the molecule is CNCC1COc2ccc(F)cc2N1. The van der Waals surface area contributed by atoms with Gasteiger partial charge in [-0.2, -0.15) is 0 Å². The fraction of sp³-hybridized carbons (Fsp3) is 0.400. The molecule has 14 heavy (non-hydrogen) atoms. The number of rotatable bonds is 2. The van der Waals surface area contributed by atoms with E-state index in [2.05, 4.69) is 10.6 Å². The van der Waals surface area contributed by atoms with Crippen LogP contribution in [0, 0.1) is 5.82 Å². The van der Waals surface area contributed by atoms with Crippen LogP contribution in [-0.4, -0.2) is 26.2 Å². The molecular weight excluding hydrogens is 183 g/mol. The van der Waals surface area contributed by atoms with Crippen molar-refractivity contribution in [2.45, 2.75) is 6.04 Å². The topological polar surface area (TPSA) is 33.3 Å². The minimum absolute atomic E-state index is 0.203. The molecule has 0 aliphatic carbocycles. The van der Waals surface area contributed by atoms with E-state index in [1.54, 1.807) is 6.07 Å². The van der Waals surface area contributed by atoms with E-state index in [9.17, 15) is 4.39 Å². The quantitative estimate of drug-likeness (QED) is 0.746. The Hall–Kier alpha value is -1.29. The first-order chi connectivity index (χ1) is 6.79. The smallest absolute Gasteiger partial charge is 0.142 e. The van der Waals surface area contributed by atoms with Crippen molar-refractivity contribution in [3.63, 3.8) is 0 Å². The Balaban J connectivity index is 2.16. The van der Waals surface area contributed by atoms with Crippen LogP contribution in [0.25, 0.3) is 0 Å². The zero-order valence-corrected chi connectivity index (χ0v) is 8.01. The van der Waals surface area contributed by atoms with Crippen LogP contribution < -0.4 is 15.4 Å². The van der Waals surface area contributed by atoms with Crippen molar-refractivity contribution in [3.8, 4) is 5.75 Å². The molecule has 0 spiro atoms. The molecule has 2 N–H and O–H groups in total. The Morgan fingerprint density at radius 1 is 1.64 bits per heavy atom. The number of hydrogen-bond acceptors (Lipinski definition) is 3. The average Bonchev–Trinajstić information content (AvgIpc) is 2.17. The molecule has 0 amide bonds. The summed E-state index contributed by atoms with van der Waals surface area (Å²) in [5.41, 5.74) is 0.733. The Morgan fingerprint density at radius 3 is 3.29 bits per heavy atom. The van der Waals surface area contributed by atoms with Crippen LogP contribution in [0.2, 0.25) is 0 Å². The van der Waals surface area contributed by atoms with Gasteiger partial charge in [-0.05, 0) is 19.2 Å². The first kappa shape index (κ1) is 9.27. The van der Waals surface area contributed by atoms with Gasteiger partial charge in [0, 0.05) is 12.6 Å². The summed E-state index contributed by atoms with van der Waals surface area (Å²) in [6.45, 7) is 1.41. The van der Waals surface area contributed by atoms with Crippen LogP contribution in [0.3, 0.4) is 0 Å². The summed E-state index contributed by atoms with van der Waals surface area (Å²) in [7, 11) is 1.88. The summed E-state index contributed by atoms with van der Waals surface area (Å²) in [5, 5.41) is 6.26. The van der Waals surface area contributed by atoms with Crippen molar-refractivity contribution in [3.05, 3.63) is 24.0 Å². The highest BCUT2D eigenvalue weighted by Crippen LogP contribution is 2.29. The van der Waals surface area contributed by atoms with Gasteiger partial charge in [0.2, 0.25) is 0 Å². The lowest BCUT2D eigenvalue weighted by Gasteiger charge is -2.27. The first-order valence-corrected chi connectivity index (χ1v) is 4.63. The van der Waals surface area contributed by atoms with Crippen LogP contribution in [0.4, 0.5) is 10.1 Å². The molecule has 0 bridgehead atoms. The molecule has 3 nitrogen and oxygen atoms in total. The fourth-order valence-corrected chi connectivity index (χ4v) is 1.55. The van der Waals surface area contributed by atoms with Crippen molar-refractivity contribution in [1.82, 2.24) is 5.32 Å². The van der Waals surface area contributed by atoms with Gasteiger partial charge in [-0.25, -0.2) is 4.39 Å². The monoisotopic (exact) mass is 196 g/mol. The largest absolute Gasteiger partial charge is 0.489 e. The van der Waals surface area contributed by atoms with Crippen LogP contribution in [0.5, 0.6) is 5.75 Å². The maximum Gasteiger partial charge on any atom is 0.142 e. The van der Waals surface area contributed by atoms with Crippen LogP contribution >= 0.6 is 0 Å². The third-order valence-corrected chi connectivity index (χ3v) is 2.19. The summed E-state index contributed by atoms with van der Waals surface area (Å²) in [6.07, 6.45) is 0. The van der Waals surface area contributed by atoms with Gasteiger partial charge in [-0.15, -0.1) is 0 Å². The van der Waals surface area contributed by atoms with E-state index in [4.69, 9.17) is 4.74 Å². The highest BCUT2D eigenvalue weighted by molar-refractivity contribution is 5.58. The molecule has 76 valence electrons. The summed E-state index contributed by atoms with van der Waals surface area (Å²) in [6, 6.07) is 4.71. The zero-order chi connectivity index (χ0) is 9.97. The molecule has 0 aromatic heterocycles. The number of likely N-dealkylation sites (N-methyl/N-ethyl adjacent to an activating group) is 1. The summed E-state index contributed by atoms with van der Waals surface area (Å²) >= 11 is 0. The third-order valence-electron chi connectivity index (χ3n) is 2.19. The molecule has 0 radical (unpaired) electrons. The molecule has 0 fully saturated rings. The Labute approximate surface area is 82.3 Å². The van der Waals surface area contributed by atoms with Gasteiger partial charge < -0.3 is 15.4 Å². The molecule has 0 saturated heterocycles. The van der Waals surface area contributed by atoms with E-state index < -0.39 is 0 Å². The number of benzene rings is 1. The molecular formula is C10H13FN2O. The normalized spacial score (nSPS) is 19.4. The van der Waals surface area contributed by atoms with Gasteiger partial charge in [-0.1, -0.05) is 0 Å². The molecule has 4 heteroatoms. The summed E-state index contributed by atoms with van der Waals surface area (Å²) in [4.78, 5) is 0. The second kappa shape index (κ2) is 3.84. The third kappa shape index (κ3) is 1.80. The number of halogens is 1. The van der Waals surface area contributed by atoms with Gasteiger partial charge in [0.15, 0.2) is 0 Å². The number of ether oxygens (including phenoxy) is 1. The maximum absolute atomic E-state index is 12.9. The number of anilines is 1. The Morgan fingerprint density at radius 2 is 2.50 bits per heavy atom. The lowest BCUT2D eigenvalue weighted by atomic mass is 10.2.